The zero-order chi connectivity index (χ0) is 26.3. The van der Waals surface area contributed by atoms with Gasteiger partial charge in [-0.2, -0.15) is 0 Å². The number of hydrogen-bond donors (Lipinski definition) is 2. The van der Waals surface area contributed by atoms with Gasteiger partial charge in [0, 0.05) is 22.8 Å². The fourth-order valence-corrected chi connectivity index (χ4v) is 5.62. The van der Waals surface area contributed by atoms with Gasteiger partial charge in [-0.25, -0.2) is 4.99 Å². The van der Waals surface area contributed by atoms with Gasteiger partial charge in [-0.1, -0.05) is 27.7 Å². The molecule has 4 heteroatoms. The van der Waals surface area contributed by atoms with Crippen LogP contribution < -0.4 is 0 Å². The molecule has 0 bridgehead atoms. The van der Waals surface area contributed by atoms with Gasteiger partial charge in [-0.3, -0.25) is 4.99 Å². The molecule has 0 radical (unpaired) electrons. The Balaban J connectivity index is 1.90. The van der Waals surface area contributed by atoms with Gasteiger partial charge in [0.05, 0.1) is 22.8 Å². The Bertz CT molecular complexity index is 1410. The maximum absolute atomic E-state index is 5.30. The molecule has 0 aliphatic carbocycles. The first-order chi connectivity index (χ1) is 17.2. The number of nitrogens with zero attached hydrogens (tertiary/aromatic N) is 2. The zero-order valence-corrected chi connectivity index (χ0v) is 23.9. The summed E-state index contributed by atoms with van der Waals surface area (Å²) in [7, 11) is 0. The van der Waals surface area contributed by atoms with Gasteiger partial charge in [0.15, 0.2) is 0 Å². The molecule has 36 heavy (non-hydrogen) atoms. The first kappa shape index (κ1) is 25.9. The largest absolute Gasteiger partial charge is 0.359 e. The summed E-state index contributed by atoms with van der Waals surface area (Å²) in [5.74, 6) is 0. The summed E-state index contributed by atoms with van der Waals surface area (Å²) in [6, 6.07) is 0. The van der Waals surface area contributed by atoms with Gasteiger partial charge in [-0.05, 0) is 124 Å². The monoisotopic (exact) mass is 482 g/mol. The Labute approximate surface area is 217 Å². The molecule has 2 N–H and O–H groups in total. The van der Waals surface area contributed by atoms with E-state index in [0.29, 0.717) is 0 Å². The minimum Gasteiger partial charge on any atom is -0.359 e. The molecule has 4 nitrogen and oxygen atoms in total. The van der Waals surface area contributed by atoms with Crippen molar-refractivity contribution in [2.75, 3.05) is 0 Å². The second-order valence-corrected chi connectivity index (χ2v) is 10.1. The van der Waals surface area contributed by atoms with Crippen LogP contribution in [0.25, 0.3) is 12.2 Å². The predicted molar refractivity (Wildman–Crippen MR) is 156 cm³/mol. The van der Waals surface area contributed by atoms with Crippen LogP contribution in [0.2, 0.25) is 0 Å². The van der Waals surface area contributed by atoms with Crippen molar-refractivity contribution >= 4 is 23.6 Å². The van der Waals surface area contributed by atoms with E-state index in [-0.39, 0.29) is 0 Å². The van der Waals surface area contributed by atoms with Crippen LogP contribution in [0.1, 0.15) is 106 Å². The number of allylic oxidation sites excluding steroid dienone is 4. The summed E-state index contributed by atoms with van der Waals surface area (Å²) >= 11 is 0. The lowest BCUT2D eigenvalue weighted by molar-refractivity contribution is 1.04. The molecule has 4 rings (SSSR count). The molecule has 0 aromatic carbocycles. The van der Waals surface area contributed by atoms with E-state index >= 15 is 0 Å². The van der Waals surface area contributed by atoms with Crippen LogP contribution in [-0.4, -0.2) is 21.4 Å². The summed E-state index contributed by atoms with van der Waals surface area (Å²) in [4.78, 5) is 17.5. The first-order valence-corrected chi connectivity index (χ1v) is 13.5. The Morgan fingerprint density at radius 2 is 1.25 bits per heavy atom. The van der Waals surface area contributed by atoms with Crippen LogP contribution in [0.4, 0.5) is 0 Å². The predicted octanol–water partition coefficient (Wildman–Crippen LogP) is 8.51. The number of aromatic amines is 2. The van der Waals surface area contributed by atoms with Gasteiger partial charge in [0.25, 0.3) is 0 Å². The van der Waals surface area contributed by atoms with Gasteiger partial charge >= 0.3 is 0 Å². The second kappa shape index (κ2) is 10.1. The van der Waals surface area contributed by atoms with E-state index in [0.717, 1.165) is 48.5 Å². The topological polar surface area (TPSA) is 56.3 Å². The van der Waals surface area contributed by atoms with E-state index in [9.17, 15) is 0 Å². The number of aromatic nitrogens is 2. The normalized spacial score (nSPS) is 18.4. The number of aliphatic imine (C=N–C) groups is 2. The fourth-order valence-electron chi connectivity index (χ4n) is 5.62. The summed E-state index contributed by atoms with van der Waals surface area (Å²) in [5, 5.41) is 0. The van der Waals surface area contributed by atoms with Crippen molar-refractivity contribution in [1.29, 1.82) is 0 Å². The molecule has 2 aliphatic rings. The van der Waals surface area contributed by atoms with E-state index in [1.54, 1.807) is 0 Å². The van der Waals surface area contributed by atoms with Gasteiger partial charge in [0.1, 0.15) is 0 Å². The number of nitrogens with one attached hydrogen (secondary N) is 2. The fraction of sp³-hybridized carbons (Fsp3) is 0.438. The zero-order valence-electron chi connectivity index (χ0n) is 23.9. The van der Waals surface area contributed by atoms with Crippen molar-refractivity contribution in [3.63, 3.8) is 0 Å². The summed E-state index contributed by atoms with van der Waals surface area (Å²) in [6.07, 6.45) is 8.38. The first-order valence-electron chi connectivity index (χ1n) is 13.5. The average Bonchev–Trinajstić information content (AvgIpc) is 3.54. The number of hydrogen-bond acceptors (Lipinski definition) is 2. The molecular weight excluding hydrogens is 440 g/mol. The van der Waals surface area contributed by atoms with Crippen LogP contribution in [-0.2, 0) is 12.8 Å². The SMILES string of the molecule is CCC1=C(CC)/C(=C/c2[nH]c(C)c(C)c2C)N=C1c1[nH]c(/C=C2\N=C(C)C(C)=C2C)c(CC)c1CC. The minimum absolute atomic E-state index is 0.964. The molecule has 0 spiro atoms. The third kappa shape index (κ3) is 4.21. The number of H-pyrrole nitrogens is 2. The average molecular weight is 483 g/mol. The van der Waals surface area contributed by atoms with Crippen LogP contribution in [0, 0.1) is 20.8 Å². The van der Waals surface area contributed by atoms with Crippen molar-refractivity contribution in [3.05, 3.63) is 78.7 Å². The van der Waals surface area contributed by atoms with Crippen LogP contribution in [0.3, 0.4) is 0 Å². The van der Waals surface area contributed by atoms with Gasteiger partial charge in [-0.15, -0.1) is 0 Å². The van der Waals surface area contributed by atoms with Crippen molar-refractivity contribution < 1.29 is 0 Å². The van der Waals surface area contributed by atoms with E-state index in [1.165, 1.54) is 67.3 Å². The molecule has 2 aromatic rings. The number of rotatable bonds is 7. The smallest absolute Gasteiger partial charge is 0.0910 e. The Morgan fingerprint density at radius 3 is 1.75 bits per heavy atom. The van der Waals surface area contributed by atoms with E-state index in [1.807, 2.05) is 0 Å². The van der Waals surface area contributed by atoms with Crippen molar-refractivity contribution in [3.8, 4) is 0 Å². The van der Waals surface area contributed by atoms with Crippen molar-refractivity contribution in [2.24, 2.45) is 9.98 Å². The Morgan fingerprint density at radius 1 is 0.611 bits per heavy atom. The molecule has 0 atom stereocenters. The number of aryl methyl sites for hydroxylation is 1. The molecule has 2 aromatic heterocycles. The molecule has 0 amide bonds. The molecule has 2 aliphatic heterocycles. The van der Waals surface area contributed by atoms with Crippen LogP contribution in [0.5, 0.6) is 0 Å². The molecule has 0 unspecified atom stereocenters. The van der Waals surface area contributed by atoms with E-state index in [2.05, 4.69) is 91.4 Å². The van der Waals surface area contributed by atoms with Crippen LogP contribution >= 0.6 is 0 Å². The maximum atomic E-state index is 5.30. The van der Waals surface area contributed by atoms with Crippen molar-refractivity contribution in [2.45, 2.75) is 94.9 Å². The maximum Gasteiger partial charge on any atom is 0.0910 e. The highest BCUT2D eigenvalue weighted by molar-refractivity contribution is 6.16. The lowest BCUT2D eigenvalue weighted by Crippen LogP contribution is -2.06. The van der Waals surface area contributed by atoms with Gasteiger partial charge < -0.3 is 9.97 Å². The van der Waals surface area contributed by atoms with Gasteiger partial charge in [0.2, 0.25) is 0 Å². The summed E-state index contributed by atoms with van der Waals surface area (Å²) in [5.41, 5.74) is 19.8. The highest BCUT2D eigenvalue weighted by Gasteiger charge is 2.28. The highest BCUT2D eigenvalue weighted by atomic mass is 14.9. The van der Waals surface area contributed by atoms with Crippen molar-refractivity contribution in [1.82, 2.24) is 9.97 Å². The lowest BCUT2D eigenvalue weighted by Gasteiger charge is -2.08. The molecule has 0 saturated carbocycles. The molecule has 190 valence electrons. The minimum atomic E-state index is 0.964. The Hall–Kier alpha value is -3.14. The Kier molecular flexibility index (Phi) is 7.26. The third-order valence-corrected chi connectivity index (χ3v) is 8.28. The second-order valence-electron chi connectivity index (χ2n) is 10.1. The standard InChI is InChI=1S/C32H42N4/c1-11-23-25(13-3)31(35-29(23)15-27-19(7)17(5)21(9)33-27)32-26(14-4)24(12-2)30(36-32)16-28-20(8)18(6)22(10)34-28/h15-16,33,36H,11-14H2,1-10H3/b28-16-,29-15-. The quantitative estimate of drug-likeness (QED) is 0.397. The molecular formula is C32H42N4. The molecule has 0 fully saturated rings. The molecule has 4 heterocycles. The van der Waals surface area contributed by atoms with Crippen LogP contribution in [0.15, 0.2) is 43.7 Å². The summed E-state index contributed by atoms with van der Waals surface area (Å²) in [6.45, 7) is 22.0. The highest BCUT2D eigenvalue weighted by Crippen LogP contribution is 2.37. The van der Waals surface area contributed by atoms with E-state index in [4.69, 9.17) is 9.98 Å². The lowest BCUT2D eigenvalue weighted by atomic mass is 9.94. The molecule has 0 saturated heterocycles. The van der Waals surface area contributed by atoms with E-state index < -0.39 is 0 Å². The third-order valence-electron chi connectivity index (χ3n) is 8.28. The summed E-state index contributed by atoms with van der Waals surface area (Å²) < 4.78 is 0.